The quantitative estimate of drug-likeness (QED) is 0.793. The van der Waals surface area contributed by atoms with E-state index in [-0.39, 0.29) is 12.6 Å². The molecule has 118 valence electrons. The first-order valence-electron chi connectivity index (χ1n) is 7.36. The molecule has 2 aromatic carbocycles. The van der Waals surface area contributed by atoms with Gasteiger partial charge in [-0.3, -0.25) is 0 Å². The number of aliphatic hydroxyl groups is 1. The van der Waals surface area contributed by atoms with Crippen molar-refractivity contribution in [3.8, 4) is 6.07 Å². The Bertz CT molecular complexity index is 708. The van der Waals surface area contributed by atoms with Gasteiger partial charge in [-0.1, -0.05) is 36.4 Å². The van der Waals surface area contributed by atoms with E-state index in [2.05, 4.69) is 16.7 Å². The van der Waals surface area contributed by atoms with Crippen LogP contribution in [-0.2, 0) is 6.42 Å². The highest BCUT2D eigenvalue weighted by atomic mass is 16.3. The van der Waals surface area contributed by atoms with Gasteiger partial charge >= 0.3 is 6.03 Å². The number of rotatable bonds is 5. The molecule has 0 radical (unpaired) electrons. The van der Waals surface area contributed by atoms with Crippen molar-refractivity contribution in [2.45, 2.75) is 19.4 Å². The molecular formula is C18H19N3O2. The summed E-state index contributed by atoms with van der Waals surface area (Å²) in [5, 5.41) is 23.9. The number of urea groups is 1. The molecule has 0 unspecified atom stereocenters. The summed E-state index contributed by atoms with van der Waals surface area (Å²) < 4.78 is 0. The van der Waals surface area contributed by atoms with Gasteiger partial charge in [-0.05, 0) is 36.6 Å². The highest BCUT2D eigenvalue weighted by Crippen LogP contribution is 2.18. The molecule has 0 aromatic heterocycles. The van der Waals surface area contributed by atoms with E-state index < -0.39 is 6.03 Å². The van der Waals surface area contributed by atoms with E-state index in [9.17, 15) is 9.90 Å². The Morgan fingerprint density at radius 3 is 2.61 bits per heavy atom. The molecule has 0 aliphatic heterocycles. The van der Waals surface area contributed by atoms with Gasteiger partial charge < -0.3 is 15.7 Å². The van der Waals surface area contributed by atoms with Crippen molar-refractivity contribution >= 4 is 11.7 Å². The lowest BCUT2D eigenvalue weighted by molar-refractivity contribution is 0.224. The molecule has 3 N–H and O–H groups in total. The number of benzene rings is 2. The van der Waals surface area contributed by atoms with Crippen molar-refractivity contribution in [3.05, 3.63) is 65.2 Å². The minimum atomic E-state index is -0.404. The van der Waals surface area contributed by atoms with Crippen LogP contribution in [0.5, 0.6) is 0 Å². The standard InChI is InChI=1S/C18H19N3O2/c1-13-15(11-19)8-5-9-17(13)21-18(23)20-16(12-22)10-14-6-3-2-4-7-14/h2-9,16,22H,10,12H2,1H3,(H2,20,21,23)/t16-/m0/s1. The summed E-state index contributed by atoms with van der Waals surface area (Å²) in [6.07, 6.45) is 0.544. The Labute approximate surface area is 135 Å². The summed E-state index contributed by atoms with van der Waals surface area (Å²) in [5.74, 6) is 0. The number of aliphatic hydroxyl groups excluding tert-OH is 1. The normalized spacial score (nSPS) is 11.3. The lowest BCUT2D eigenvalue weighted by atomic mass is 10.1. The van der Waals surface area contributed by atoms with Crippen molar-refractivity contribution in [2.24, 2.45) is 0 Å². The van der Waals surface area contributed by atoms with Crippen LogP contribution in [0.1, 0.15) is 16.7 Å². The van der Waals surface area contributed by atoms with Crippen molar-refractivity contribution < 1.29 is 9.90 Å². The molecule has 5 heteroatoms. The number of hydrogen-bond acceptors (Lipinski definition) is 3. The number of amides is 2. The third kappa shape index (κ3) is 4.56. The largest absolute Gasteiger partial charge is 0.394 e. The van der Waals surface area contributed by atoms with Crippen LogP contribution in [0, 0.1) is 18.3 Å². The predicted octanol–water partition coefficient (Wildman–Crippen LogP) is 2.59. The molecule has 2 amide bonds. The highest BCUT2D eigenvalue weighted by Gasteiger charge is 2.13. The maximum Gasteiger partial charge on any atom is 0.319 e. The molecule has 0 heterocycles. The fraction of sp³-hybridized carbons (Fsp3) is 0.222. The molecule has 1 atom stereocenters. The molecular weight excluding hydrogens is 290 g/mol. The SMILES string of the molecule is Cc1c(C#N)cccc1NC(=O)N[C@H](CO)Cc1ccccc1. The van der Waals surface area contributed by atoms with Gasteiger partial charge in [-0.15, -0.1) is 0 Å². The highest BCUT2D eigenvalue weighted by molar-refractivity contribution is 5.90. The average molecular weight is 309 g/mol. The summed E-state index contributed by atoms with van der Waals surface area (Å²) in [6.45, 7) is 1.63. The molecule has 0 saturated carbocycles. The first-order valence-corrected chi connectivity index (χ1v) is 7.36. The van der Waals surface area contributed by atoms with E-state index in [1.807, 2.05) is 30.3 Å². The van der Waals surface area contributed by atoms with E-state index >= 15 is 0 Å². The Kier molecular flexibility index (Phi) is 5.73. The first-order chi connectivity index (χ1) is 11.1. The van der Waals surface area contributed by atoms with E-state index in [1.54, 1.807) is 25.1 Å². The van der Waals surface area contributed by atoms with Crippen LogP contribution in [0.15, 0.2) is 48.5 Å². The number of nitrogens with one attached hydrogen (secondary N) is 2. The van der Waals surface area contributed by atoms with E-state index in [0.717, 1.165) is 5.56 Å². The second kappa shape index (κ2) is 7.97. The Balaban J connectivity index is 1.99. The molecule has 0 bridgehead atoms. The van der Waals surface area contributed by atoms with E-state index in [0.29, 0.717) is 23.2 Å². The first kappa shape index (κ1) is 16.5. The van der Waals surface area contributed by atoms with Crippen LogP contribution < -0.4 is 10.6 Å². The number of nitriles is 1. The monoisotopic (exact) mass is 309 g/mol. The van der Waals surface area contributed by atoms with Gasteiger partial charge in [0, 0.05) is 5.69 Å². The third-order valence-electron chi connectivity index (χ3n) is 3.58. The van der Waals surface area contributed by atoms with Crippen LogP contribution in [0.25, 0.3) is 0 Å². The molecule has 2 aromatic rings. The molecule has 0 aliphatic rings. The minimum absolute atomic E-state index is 0.153. The lowest BCUT2D eigenvalue weighted by Crippen LogP contribution is -2.41. The number of carbonyl (C=O) groups excluding carboxylic acids is 1. The molecule has 5 nitrogen and oxygen atoms in total. The summed E-state index contributed by atoms with van der Waals surface area (Å²) in [5.41, 5.74) is 2.85. The van der Waals surface area contributed by atoms with Gasteiger partial charge in [-0.2, -0.15) is 5.26 Å². The maximum absolute atomic E-state index is 12.1. The topological polar surface area (TPSA) is 85.2 Å². The van der Waals surface area contributed by atoms with Crippen molar-refractivity contribution in [1.82, 2.24) is 5.32 Å². The zero-order valence-electron chi connectivity index (χ0n) is 12.9. The van der Waals surface area contributed by atoms with E-state index in [4.69, 9.17) is 5.26 Å². The summed E-state index contributed by atoms with van der Waals surface area (Å²) in [6, 6.07) is 16.1. The maximum atomic E-state index is 12.1. The van der Waals surface area contributed by atoms with Gasteiger partial charge in [0.25, 0.3) is 0 Å². The molecule has 23 heavy (non-hydrogen) atoms. The van der Waals surface area contributed by atoms with Gasteiger partial charge in [0.15, 0.2) is 0 Å². The number of carbonyl (C=O) groups is 1. The average Bonchev–Trinajstić information content (AvgIpc) is 2.57. The Hall–Kier alpha value is -2.84. The summed E-state index contributed by atoms with van der Waals surface area (Å²) >= 11 is 0. The number of hydrogen-bond donors (Lipinski definition) is 3. The fourth-order valence-electron chi connectivity index (χ4n) is 2.30. The smallest absolute Gasteiger partial charge is 0.319 e. The van der Waals surface area contributed by atoms with Crippen LogP contribution in [0.3, 0.4) is 0 Å². The van der Waals surface area contributed by atoms with Crippen LogP contribution >= 0.6 is 0 Å². The predicted molar refractivity (Wildman–Crippen MR) is 89.1 cm³/mol. The zero-order valence-corrected chi connectivity index (χ0v) is 12.9. The van der Waals surface area contributed by atoms with Crippen molar-refractivity contribution in [1.29, 1.82) is 5.26 Å². The van der Waals surface area contributed by atoms with E-state index in [1.165, 1.54) is 0 Å². The number of anilines is 1. The van der Waals surface area contributed by atoms with Crippen LogP contribution in [0.2, 0.25) is 0 Å². The second-order valence-corrected chi connectivity index (χ2v) is 5.26. The van der Waals surface area contributed by atoms with Crippen LogP contribution in [-0.4, -0.2) is 23.8 Å². The fourth-order valence-corrected chi connectivity index (χ4v) is 2.30. The molecule has 0 saturated heterocycles. The lowest BCUT2D eigenvalue weighted by Gasteiger charge is -2.17. The zero-order chi connectivity index (χ0) is 16.7. The second-order valence-electron chi connectivity index (χ2n) is 5.26. The van der Waals surface area contributed by atoms with Gasteiger partial charge in [0.2, 0.25) is 0 Å². The molecule has 0 aliphatic carbocycles. The van der Waals surface area contributed by atoms with Gasteiger partial charge in [-0.25, -0.2) is 4.79 Å². The Morgan fingerprint density at radius 1 is 1.22 bits per heavy atom. The van der Waals surface area contributed by atoms with Gasteiger partial charge in [0.05, 0.1) is 24.3 Å². The van der Waals surface area contributed by atoms with Crippen molar-refractivity contribution in [2.75, 3.05) is 11.9 Å². The van der Waals surface area contributed by atoms with Crippen molar-refractivity contribution in [3.63, 3.8) is 0 Å². The third-order valence-corrected chi connectivity index (χ3v) is 3.58. The molecule has 0 spiro atoms. The molecule has 2 rings (SSSR count). The Morgan fingerprint density at radius 2 is 1.96 bits per heavy atom. The van der Waals surface area contributed by atoms with Crippen LogP contribution in [0.4, 0.5) is 10.5 Å². The van der Waals surface area contributed by atoms with Gasteiger partial charge in [0.1, 0.15) is 0 Å². The summed E-state index contributed by atoms with van der Waals surface area (Å²) in [4.78, 5) is 12.1. The molecule has 0 fully saturated rings. The summed E-state index contributed by atoms with van der Waals surface area (Å²) in [7, 11) is 0. The number of nitrogens with zero attached hydrogens (tertiary/aromatic N) is 1. The minimum Gasteiger partial charge on any atom is -0.394 e.